The Morgan fingerprint density at radius 1 is 1.40 bits per heavy atom. The van der Waals surface area contributed by atoms with E-state index >= 15 is 0 Å². The third-order valence-corrected chi connectivity index (χ3v) is 1.83. The average molecular weight is 217 g/mol. The molecule has 0 N–H and O–H groups in total. The van der Waals surface area contributed by atoms with E-state index in [0.29, 0.717) is 0 Å². The molecular weight excluding hydrogens is 208 g/mol. The zero-order chi connectivity index (χ0) is 11.5. The molecule has 0 bridgehead atoms. The van der Waals surface area contributed by atoms with Gasteiger partial charge in [0.2, 0.25) is 0 Å². The second-order valence-corrected chi connectivity index (χ2v) is 2.94. The summed E-state index contributed by atoms with van der Waals surface area (Å²) in [7, 11) is 1.17. The van der Waals surface area contributed by atoms with Crippen molar-refractivity contribution in [2.45, 2.75) is 5.92 Å². The minimum atomic E-state index is -3.12. The molecule has 1 aromatic rings. The molecule has 0 unspecified atom stereocenters. The van der Waals surface area contributed by atoms with E-state index in [1.165, 1.54) is 7.11 Å². The molecule has 0 amide bonds. The Labute approximate surface area is 84.6 Å². The zero-order valence-corrected chi connectivity index (χ0v) is 7.94. The Morgan fingerprint density at radius 2 is 1.93 bits per heavy atom. The molecule has 82 valence electrons. The summed E-state index contributed by atoms with van der Waals surface area (Å²) in [4.78, 5) is 9.64. The second kappa shape index (κ2) is 4.31. The molecule has 0 heterocycles. The zero-order valence-electron chi connectivity index (χ0n) is 7.94. The van der Waals surface area contributed by atoms with Crippen LogP contribution in [-0.2, 0) is 10.7 Å². The molecule has 0 aliphatic heterocycles. The van der Waals surface area contributed by atoms with Gasteiger partial charge < -0.3 is 4.74 Å². The third kappa shape index (κ3) is 2.69. The van der Waals surface area contributed by atoms with Crippen LogP contribution >= 0.6 is 0 Å². The molecule has 1 rings (SSSR count). The first-order valence-electron chi connectivity index (χ1n) is 4.09. The quantitative estimate of drug-likeness (QED) is 0.574. The van der Waals surface area contributed by atoms with Gasteiger partial charge in [-0.25, -0.2) is 0 Å². The van der Waals surface area contributed by atoms with Gasteiger partial charge in [0, 0.05) is 24.8 Å². The van der Waals surface area contributed by atoms with Crippen molar-refractivity contribution in [2.24, 2.45) is 0 Å². The Morgan fingerprint density at radius 3 is 2.33 bits per heavy atom. The van der Waals surface area contributed by atoms with Crippen LogP contribution in [0.25, 0.3) is 0 Å². The van der Waals surface area contributed by atoms with E-state index in [1.54, 1.807) is 0 Å². The van der Waals surface area contributed by atoms with Crippen LogP contribution in [0.3, 0.4) is 0 Å². The van der Waals surface area contributed by atoms with E-state index in [2.05, 4.69) is 4.74 Å². The third-order valence-electron chi connectivity index (χ3n) is 1.83. The highest BCUT2D eigenvalue weighted by Gasteiger charge is 2.31. The van der Waals surface area contributed by atoms with Gasteiger partial charge in [-0.05, 0) is 12.1 Å². The molecule has 0 radical (unpaired) electrons. The van der Waals surface area contributed by atoms with Crippen LogP contribution in [0.5, 0.6) is 0 Å². The summed E-state index contributed by atoms with van der Waals surface area (Å²) in [5.74, 6) is -3.12. The van der Waals surface area contributed by atoms with Crippen LogP contribution in [0.15, 0.2) is 24.3 Å². The minimum absolute atomic E-state index is 0.216. The van der Waals surface area contributed by atoms with E-state index in [1.807, 2.05) is 0 Å². The van der Waals surface area contributed by atoms with Crippen molar-refractivity contribution < 1.29 is 18.4 Å². The van der Waals surface area contributed by atoms with Gasteiger partial charge in [0.1, 0.15) is 6.61 Å². The van der Waals surface area contributed by atoms with Gasteiger partial charge in [0.25, 0.3) is 11.6 Å². The summed E-state index contributed by atoms with van der Waals surface area (Å²) < 4.78 is 30.7. The predicted octanol–water partition coefficient (Wildman–Crippen LogP) is 2.33. The molecule has 0 spiro atoms. The number of ether oxygens (including phenoxy) is 1. The minimum Gasteiger partial charge on any atom is -0.378 e. The van der Waals surface area contributed by atoms with Crippen LogP contribution in [0.4, 0.5) is 14.5 Å². The molecule has 0 aliphatic carbocycles. The first kappa shape index (κ1) is 11.5. The normalized spacial score (nSPS) is 11.4. The van der Waals surface area contributed by atoms with Crippen molar-refractivity contribution in [3.8, 4) is 0 Å². The van der Waals surface area contributed by atoms with Crippen LogP contribution in [-0.4, -0.2) is 18.6 Å². The summed E-state index contributed by atoms with van der Waals surface area (Å²) in [6, 6.07) is 4.13. The fourth-order valence-corrected chi connectivity index (χ4v) is 1.09. The number of hydrogen-bond donors (Lipinski definition) is 0. The number of hydrogen-bond acceptors (Lipinski definition) is 3. The standard InChI is InChI=1S/C9H9F2NO3/c1-15-6-9(10,11)7-2-4-8(5-3-7)12(13)14/h2-5H,6H2,1H3. The van der Waals surface area contributed by atoms with Crippen LogP contribution in [0.2, 0.25) is 0 Å². The van der Waals surface area contributed by atoms with Gasteiger partial charge in [0.15, 0.2) is 0 Å². The fourth-order valence-electron chi connectivity index (χ4n) is 1.09. The number of alkyl halides is 2. The van der Waals surface area contributed by atoms with Gasteiger partial charge in [-0.15, -0.1) is 0 Å². The van der Waals surface area contributed by atoms with Crippen LogP contribution in [0.1, 0.15) is 5.56 Å². The van der Waals surface area contributed by atoms with Crippen molar-refractivity contribution in [3.05, 3.63) is 39.9 Å². The molecule has 0 saturated heterocycles. The van der Waals surface area contributed by atoms with Crippen molar-refractivity contribution >= 4 is 5.69 Å². The number of benzene rings is 1. The lowest BCUT2D eigenvalue weighted by atomic mass is 10.1. The van der Waals surface area contributed by atoms with E-state index in [0.717, 1.165) is 24.3 Å². The second-order valence-electron chi connectivity index (χ2n) is 2.94. The fraction of sp³-hybridized carbons (Fsp3) is 0.333. The summed E-state index contributed by atoms with van der Waals surface area (Å²) in [6.45, 7) is -0.745. The van der Waals surface area contributed by atoms with Gasteiger partial charge in [-0.1, -0.05) is 0 Å². The van der Waals surface area contributed by atoms with E-state index in [-0.39, 0.29) is 11.3 Å². The molecule has 0 saturated carbocycles. The topological polar surface area (TPSA) is 52.4 Å². The molecule has 0 aliphatic rings. The van der Waals surface area contributed by atoms with Crippen molar-refractivity contribution in [1.82, 2.24) is 0 Å². The first-order valence-corrected chi connectivity index (χ1v) is 4.09. The lowest BCUT2D eigenvalue weighted by molar-refractivity contribution is -0.384. The Balaban J connectivity index is 2.93. The summed E-state index contributed by atoms with van der Waals surface area (Å²) in [5.41, 5.74) is -0.512. The molecule has 4 nitrogen and oxygen atoms in total. The maximum atomic E-state index is 13.2. The highest BCUT2D eigenvalue weighted by atomic mass is 19.3. The Hall–Kier alpha value is -1.56. The van der Waals surface area contributed by atoms with Crippen molar-refractivity contribution in [2.75, 3.05) is 13.7 Å². The highest BCUT2D eigenvalue weighted by molar-refractivity contribution is 5.34. The van der Waals surface area contributed by atoms with Crippen LogP contribution < -0.4 is 0 Å². The maximum Gasteiger partial charge on any atom is 0.296 e. The van der Waals surface area contributed by atoms with Crippen molar-refractivity contribution in [3.63, 3.8) is 0 Å². The summed E-state index contributed by atoms with van der Waals surface area (Å²) in [6.07, 6.45) is 0. The van der Waals surface area contributed by atoms with E-state index in [4.69, 9.17) is 0 Å². The molecular formula is C9H9F2NO3. The molecule has 0 aromatic heterocycles. The van der Waals surface area contributed by atoms with E-state index < -0.39 is 17.5 Å². The number of nitrogens with zero attached hydrogens (tertiary/aromatic N) is 1. The highest BCUT2D eigenvalue weighted by Crippen LogP contribution is 2.29. The number of non-ortho nitro benzene ring substituents is 1. The van der Waals surface area contributed by atoms with Gasteiger partial charge in [-0.2, -0.15) is 8.78 Å². The predicted molar refractivity (Wildman–Crippen MR) is 48.9 cm³/mol. The van der Waals surface area contributed by atoms with Gasteiger partial charge in [-0.3, -0.25) is 10.1 Å². The van der Waals surface area contributed by atoms with E-state index in [9.17, 15) is 18.9 Å². The number of nitro benzene ring substituents is 1. The summed E-state index contributed by atoms with van der Waals surface area (Å²) in [5, 5.41) is 10.3. The first-order chi connectivity index (χ1) is 6.97. The molecule has 1 aromatic carbocycles. The van der Waals surface area contributed by atoms with Crippen LogP contribution in [0, 0.1) is 10.1 Å². The lowest BCUT2D eigenvalue weighted by Gasteiger charge is -2.14. The monoisotopic (exact) mass is 217 g/mol. The molecule has 0 atom stereocenters. The molecule has 15 heavy (non-hydrogen) atoms. The SMILES string of the molecule is COCC(F)(F)c1ccc([N+](=O)[O-])cc1. The number of methoxy groups -OCH3 is 1. The summed E-state index contributed by atoms with van der Waals surface area (Å²) >= 11 is 0. The van der Waals surface area contributed by atoms with Crippen molar-refractivity contribution in [1.29, 1.82) is 0 Å². The Bertz CT molecular complexity index is 351. The lowest BCUT2D eigenvalue weighted by Crippen LogP contribution is -2.19. The maximum absolute atomic E-state index is 13.2. The molecule has 0 fully saturated rings. The smallest absolute Gasteiger partial charge is 0.296 e. The van der Waals surface area contributed by atoms with Gasteiger partial charge in [0.05, 0.1) is 4.92 Å². The largest absolute Gasteiger partial charge is 0.378 e. The molecule has 6 heteroatoms. The average Bonchev–Trinajstić information content (AvgIpc) is 2.18. The number of nitro groups is 1. The van der Waals surface area contributed by atoms with Gasteiger partial charge >= 0.3 is 0 Å². The number of halogens is 2. The number of rotatable bonds is 4. The Kier molecular flexibility index (Phi) is 3.31.